The fourth-order valence-corrected chi connectivity index (χ4v) is 1.87. The van der Waals surface area contributed by atoms with Crippen molar-refractivity contribution in [2.75, 3.05) is 11.9 Å². The van der Waals surface area contributed by atoms with Gasteiger partial charge in [0.2, 0.25) is 5.91 Å². The van der Waals surface area contributed by atoms with E-state index in [2.05, 4.69) is 31.5 Å². The minimum Gasteiger partial charge on any atom is -0.324 e. The predicted molar refractivity (Wildman–Crippen MR) is 71.2 cm³/mol. The highest BCUT2D eigenvalue weighted by atomic mass is 79.9. The van der Waals surface area contributed by atoms with E-state index in [1.54, 1.807) is 6.07 Å². The van der Waals surface area contributed by atoms with Gasteiger partial charge in [-0.05, 0) is 34.8 Å². The number of hydrogen-bond acceptors (Lipinski definition) is 3. The SMILES string of the molecule is O=C(CCNC1CC1)Nc1cc(Cl)cnc1Br. The van der Waals surface area contributed by atoms with Crippen molar-refractivity contribution in [2.45, 2.75) is 25.3 Å². The number of aromatic nitrogens is 1. The number of nitrogens with one attached hydrogen (secondary N) is 2. The van der Waals surface area contributed by atoms with E-state index in [-0.39, 0.29) is 5.91 Å². The van der Waals surface area contributed by atoms with E-state index in [1.807, 2.05) is 0 Å². The molecule has 2 N–H and O–H groups in total. The summed E-state index contributed by atoms with van der Waals surface area (Å²) >= 11 is 9.07. The quantitative estimate of drug-likeness (QED) is 0.821. The van der Waals surface area contributed by atoms with Crippen LogP contribution in [0.1, 0.15) is 19.3 Å². The Labute approximate surface area is 113 Å². The van der Waals surface area contributed by atoms with Gasteiger partial charge in [0, 0.05) is 25.2 Å². The first-order chi connectivity index (χ1) is 8.15. The average Bonchev–Trinajstić information content (AvgIpc) is 3.07. The lowest BCUT2D eigenvalue weighted by molar-refractivity contribution is -0.116. The van der Waals surface area contributed by atoms with Gasteiger partial charge in [-0.3, -0.25) is 4.79 Å². The molecule has 0 bridgehead atoms. The summed E-state index contributed by atoms with van der Waals surface area (Å²) in [7, 11) is 0. The van der Waals surface area contributed by atoms with Crippen molar-refractivity contribution in [1.29, 1.82) is 0 Å². The van der Waals surface area contributed by atoms with Crippen LogP contribution in [0.25, 0.3) is 0 Å². The molecule has 1 heterocycles. The maximum absolute atomic E-state index is 11.6. The van der Waals surface area contributed by atoms with Crippen LogP contribution in [0.2, 0.25) is 5.02 Å². The molecule has 1 amide bonds. The molecule has 1 aromatic heterocycles. The molecular weight excluding hydrogens is 305 g/mol. The maximum atomic E-state index is 11.6. The summed E-state index contributed by atoms with van der Waals surface area (Å²) in [6.07, 6.45) is 4.43. The molecule has 0 saturated heterocycles. The third-order valence-corrected chi connectivity index (χ3v) is 3.28. The first-order valence-electron chi connectivity index (χ1n) is 5.49. The van der Waals surface area contributed by atoms with Crippen LogP contribution < -0.4 is 10.6 Å². The fraction of sp³-hybridized carbons (Fsp3) is 0.455. The van der Waals surface area contributed by atoms with Crippen molar-refractivity contribution in [1.82, 2.24) is 10.3 Å². The first-order valence-corrected chi connectivity index (χ1v) is 6.66. The van der Waals surface area contributed by atoms with Crippen molar-refractivity contribution in [3.05, 3.63) is 21.9 Å². The van der Waals surface area contributed by atoms with Gasteiger partial charge < -0.3 is 10.6 Å². The lowest BCUT2D eigenvalue weighted by atomic mass is 10.3. The zero-order valence-corrected chi connectivity index (χ0v) is 11.5. The van der Waals surface area contributed by atoms with Gasteiger partial charge in [0.1, 0.15) is 4.60 Å². The minimum atomic E-state index is -0.0390. The number of halogens is 2. The van der Waals surface area contributed by atoms with Crippen LogP contribution in [-0.4, -0.2) is 23.5 Å². The van der Waals surface area contributed by atoms with Crippen LogP contribution in [-0.2, 0) is 4.79 Å². The van der Waals surface area contributed by atoms with E-state index in [1.165, 1.54) is 19.0 Å². The molecule has 4 nitrogen and oxygen atoms in total. The third-order valence-electron chi connectivity index (χ3n) is 2.44. The van der Waals surface area contributed by atoms with Gasteiger partial charge in [-0.15, -0.1) is 0 Å². The zero-order valence-electron chi connectivity index (χ0n) is 9.17. The number of carbonyl (C=O) groups excluding carboxylic acids is 1. The van der Waals surface area contributed by atoms with E-state index in [0.29, 0.717) is 34.3 Å². The van der Waals surface area contributed by atoms with Crippen LogP contribution in [0, 0.1) is 0 Å². The number of hydrogen-bond donors (Lipinski definition) is 2. The monoisotopic (exact) mass is 317 g/mol. The smallest absolute Gasteiger partial charge is 0.225 e. The number of amides is 1. The molecular formula is C11H13BrClN3O. The lowest BCUT2D eigenvalue weighted by Crippen LogP contribution is -2.23. The van der Waals surface area contributed by atoms with Gasteiger partial charge in [0.15, 0.2) is 0 Å². The standard InChI is InChI=1S/C11H13BrClN3O/c12-11-9(5-7(13)6-15-11)16-10(17)3-4-14-8-1-2-8/h5-6,8,14H,1-4H2,(H,16,17). The second-order valence-corrected chi connectivity index (χ2v) is 5.21. The second-order valence-electron chi connectivity index (χ2n) is 4.02. The summed E-state index contributed by atoms with van der Waals surface area (Å²) in [6, 6.07) is 2.30. The maximum Gasteiger partial charge on any atom is 0.225 e. The fourth-order valence-electron chi connectivity index (χ4n) is 1.40. The molecule has 2 rings (SSSR count). The van der Waals surface area contributed by atoms with Crippen molar-refractivity contribution in [3.8, 4) is 0 Å². The molecule has 6 heteroatoms. The molecule has 1 aliphatic rings. The Morgan fingerprint density at radius 1 is 1.59 bits per heavy atom. The Morgan fingerprint density at radius 3 is 3.06 bits per heavy atom. The van der Waals surface area contributed by atoms with Gasteiger partial charge in [-0.1, -0.05) is 11.6 Å². The van der Waals surface area contributed by atoms with E-state index in [4.69, 9.17) is 11.6 Å². The highest BCUT2D eigenvalue weighted by molar-refractivity contribution is 9.10. The van der Waals surface area contributed by atoms with Gasteiger partial charge in [-0.25, -0.2) is 4.98 Å². The molecule has 92 valence electrons. The lowest BCUT2D eigenvalue weighted by Gasteiger charge is -2.07. The summed E-state index contributed by atoms with van der Waals surface area (Å²) in [6.45, 7) is 0.710. The van der Waals surface area contributed by atoms with Crippen molar-refractivity contribution in [3.63, 3.8) is 0 Å². The summed E-state index contributed by atoms with van der Waals surface area (Å²) in [5, 5.41) is 6.56. The van der Waals surface area contributed by atoms with Gasteiger partial charge in [-0.2, -0.15) is 0 Å². The Balaban J connectivity index is 1.81. The molecule has 1 saturated carbocycles. The molecule has 0 aromatic carbocycles. The van der Waals surface area contributed by atoms with Gasteiger partial charge in [0.05, 0.1) is 10.7 Å². The molecule has 0 spiro atoms. The van der Waals surface area contributed by atoms with Crippen molar-refractivity contribution < 1.29 is 4.79 Å². The number of pyridine rings is 1. The van der Waals surface area contributed by atoms with Crippen LogP contribution >= 0.6 is 27.5 Å². The summed E-state index contributed by atoms with van der Waals surface area (Å²) < 4.78 is 0.588. The summed E-state index contributed by atoms with van der Waals surface area (Å²) in [4.78, 5) is 15.6. The second kappa shape index (κ2) is 5.80. The van der Waals surface area contributed by atoms with E-state index in [0.717, 1.165) is 0 Å². The molecule has 0 unspecified atom stereocenters. The van der Waals surface area contributed by atoms with Crippen LogP contribution in [0.5, 0.6) is 0 Å². The number of nitrogens with zero attached hydrogens (tertiary/aromatic N) is 1. The molecule has 1 aliphatic carbocycles. The van der Waals surface area contributed by atoms with E-state index in [9.17, 15) is 4.79 Å². The largest absolute Gasteiger partial charge is 0.324 e. The normalized spacial score (nSPS) is 14.7. The highest BCUT2D eigenvalue weighted by Crippen LogP contribution is 2.23. The van der Waals surface area contributed by atoms with Crippen LogP contribution in [0.15, 0.2) is 16.9 Å². The van der Waals surface area contributed by atoms with Crippen LogP contribution in [0.3, 0.4) is 0 Å². The average molecular weight is 319 g/mol. The number of carbonyl (C=O) groups is 1. The Kier molecular flexibility index (Phi) is 4.36. The third kappa shape index (κ3) is 4.26. The first kappa shape index (κ1) is 12.8. The highest BCUT2D eigenvalue weighted by Gasteiger charge is 2.20. The van der Waals surface area contributed by atoms with Gasteiger partial charge in [0.25, 0.3) is 0 Å². The van der Waals surface area contributed by atoms with E-state index >= 15 is 0 Å². The minimum absolute atomic E-state index is 0.0390. The topological polar surface area (TPSA) is 54.0 Å². The Hall–Kier alpha value is -0.650. The molecule has 17 heavy (non-hydrogen) atoms. The van der Waals surface area contributed by atoms with Gasteiger partial charge >= 0.3 is 0 Å². The number of rotatable bonds is 5. The predicted octanol–water partition coefficient (Wildman–Crippen LogP) is 2.58. The number of anilines is 1. The molecule has 1 fully saturated rings. The molecule has 1 aromatic rings. The van der Waals surface area contributed by atoms with Crippen molar-refractivity contribution in [2.24, 2.45) is 0 Å². The summed E-state index contributed by atoms with van der Waals surface area (Å²) in [5.41, 5.74) is 0.605. The Bertz CT molecular complexity index is 423. The molecule has 0 atom stereocenters. The molecule has 0 aliphatic heterocycles. The van der Waals surface area contributed by atoms with Crippen molar-refractivity contribution >= 4 is 39.1 Å². The Morgan fingerprint density at radius 2 is 2.35 bits per heavy atom. The molecule has 0 radical (unpaired) electrons. The van der Waals surface area contributed by atoms with E-state index < -0.39 is 0 Å². The summed E-state index contributed by atoms with van der Waals surface area (Å²) in [5.74, 6) is -0.0390. The zero-order chi connectivity index (χ0) is 12.3. The van der Waals surface area contributed by atoms with Crippen LogP contribution in [0.4, 0.5) is 5.69 Å².